The second-order valence-corrected chi connectivity index (χ2v) is 8.01. The fraction of sp³-hybridized carbons (Fsp3) is 0.476. The highest BCUT2D eigenvalue weighted by Crippen LogP contribution is 2.28. The minimum atomic E-state index is -0.368. The van der Waals surface area contributed by atoms with Gasteiger partial charge in [-0.05, 0) is 29.7 Å². The van der Waals surface area contributed by atoms with Crippen LogP contribution >= 0.6 is 0 Å². The SMILES string of the molecule is Cn1cccc1[C@@H](CNC(=O)C(C)(C)C)N1CCc2ccccc2C1. The van der Waals surface area contributed by atoms with Gasteiger partial charge in [0.2, 0.25) is 5.91 Å². The molecule has 4 nitrogen and oxygen atoms in total. The van der Waals surface area contributed by atoms with Crippen molar-refractivity contribution in [3.8, 4) is 0 Å². The predicted octanol–water partition coefficient (Wildman–Crippen LogP) is 3.29. The molecule has 25 heavy (non-hydrogen) atoms. The lowest BCUT2D eigenvalue weighted by Gasteiger charge is -2.36. The zero-order valence-electron chi connectivity index (χ0n) is 15.7. The van der Waals surface area contributed by atoms with Crippen molar-refractivity contribution in [3.05, 3.63) is 59.4 Å². The summed E-state index contributed by atoms with van der Waals surface area (Å²) in [6.07, 6.45) is 3.14. The van der Waals surface area contributed by atoms with E-state index in [1.807, 2.05) is 20.8 Å². The Morgan fingerprint density at radius 3 is 2.52 bits per heavy atom. The Morgan fingerprint density at radius 2 is 1.88 bits per heavy atom. The molecule has 1 aromatic heterocycles. The molecule has 0 aliphatic carbocycles. The van der Waals surface area contributed by atoms with Crippen molar-refractivity contribution >= 4 is 5.91 Å². The summed E-state index contributed by atoms with van der Waals surface area (Å²) in [7, 11) is 2.08. The van der Waals surface area contributed by atoms with E-state index in [0.717, 1.165) is 19.5 Å². The fourth-order valence-electron chi connectivity index (χ4n) is 3.48. The highest BCUT2D eigenvalue weighted by molar-refractivity contribution is 5.81. The molecule has 1 N–H and O–H groups in total. The Morgan fingerprint density at radius 1 is 1.16 bits per heavy atom. The molecule has 0 radical (unpaired) electrons. The van der Waals surface area contributed by atoms with Crippen molar-refractivity contribution < 1.29 is 4.79 Å². The highest BCUT2D eigenvalue weighted by Gasteiger charge is 2.28. The van der Waals surface area contributed by atoms with Crippen LogP contribution in [0.4, 0.5) is 0 Å². The summed E-state index contributed by atoms with van der Waals surface area (Å²) >= 11 is 0. The van der Waals surface area contributed by atoms with Crippen LogP contribution in [0.2, 0.25) is 0 Å². The fourth-order valence-corrected chi connectivity index (χ4v) is 3.48. The zero-order valence-corrected chi connectivity index (χ0v) is 15.7. The largest absolute Gasteiger partial charge is 0.354 e. The minimum absolute atomic E-state index is 0.101. The van der Waals surface area contributed by atoms with Crippen LogP contribution in [0.5, 0.6) is 0 Å². The molecule has 2 heterocycles. The standard InChI is InChI=1S/C21H29N3O/c1-21(2,3)20(25)22-14-19(18-10-7-12-23(18)4)24-13-11-16-8-5-6-9-17(16)15-24/h5-10,12,19H,11,13-15H2,1-4H3,(H,22,25)/t19-/m1/s1. The topological polar surface area (TPSA) is 37.3 Å². The first kappa shape index (κ1) is 17.7. The zero-order chi connectivity index (χ0) is 18.0. The monoisotopic (exact) mass is 339 g/mol. The Labute approximate surface area is 150 Å². The van der Waals surface area contributed by atoms with Crippen LogP contribution < -0.4 is 5.32 Å². The second-order valence-electron chi connectivity index (χ2n) is 8.01. The molecule has 0 bridgehead atoms. The van der Waals surface area contributed by atoms with Gasteiger partial charge in [-0.2, -0.15) is 0 Å². The number of aryl methyl sites for hydroxylation is 1. The molecule has 1 amide bonds. The van der Waals surface area contributed by atoms with Gasteiger partial charge < -0.3 is 9.88 Å². The molecule has 0 unspecified atom stereocenters. The predicted molar refractivity (Wildman–Crippen MR) is 101 cm³/mol. The molecule has 2 aromatic rings. The number of carbonyl (C=O) groups is 1. The first-order valence-corrected chi connectivity index (χ1v) is 9.06. The number of fused-ring (bicyclic) bond motifs is 1. The summed E-state index contributed by atoms with van der Waals surface area (Å²) in [5.41, 5.74) is 3.72. The van der Waals surface area contributed by atoms with Crippen LogP contribution in [-0.4, -0.2) is 28.5 Å². The molecule has 3 rings (SSSR count). The van der Waals surface area contributed by atoms with Gasteiger partial charge in [0.15, 0.2) is 0 Å². The van der Waals surface area contributed by atoms with Gasteiger partial charge >= 0.3 is 0 Å². The van der Waals surface area contributed by atoms with Crippen LogP contribution in [0.3, 0.4) is 0 Å². The molecule has 0 saturated carbocycles. The van der Waals surface area contributed by atoms with Crippen LogP contribution in [-0.2, 0) is 24.8 Å². The highest BCUT2D eigenvalue weighted by atomic mass is 16.2. The van der Waals surface area contributed by atoms with E-state index in [4.69, 9.17) is 0 Å². The molecule has 1 aliphatic rings. The molecule has 1 aliphatic heterocycles. The maximum atomic E-state index is 12.4. The van der Waals surface area contributed by atoms with E-state index in [1.54, 1.807) is 0 Å². The number of hydrogen-bond acceptors (Lipinski definition) is 2. The number of rotatable bonds is 4. The lowest BCUT2D eigenvalue weighted by molar-refractivity contribution is -0.128. The van der Waals surface area contributed by atoms with Crippen LogP contribution in [0.1, 0.15) is 43.6 Å². The van der Waals surface area contributed by atoms with Crippen LogP contribution in [0.25, 0.3) is 0 Å². The van der Waals surface area contributed by atoms with Crippen molar-refractivity contribution in [2.24, 2.45) is 12.5 Å². The summed E-state index contributed by atoms with van der Waals surface area (Å²) in [6.45, 7) is 8.44. The van der Waals surface area contributed by atoms with Crippen LogP contribution in [0, 0.1) is 5.41 Å². The van der Waals surface area contributed by atoms with E-state index in [0.29, 0.717) is 6.54 Å². The van der Waals surface area contributed by atoms with Gasteiger partial charge in [-0.1, -0.05) is 45.0 Å². The van der Waals surface area contributed by atoms with Gasteiger partial charge in [0.05, 0.1) is 6.04 Å². The Bertz CT molecular complexity index is 742. The number of nitrogens with one attached hydrogen (secondary N) is 1. The van der Waals surface area contributed by atoms with Gasteiger partial charge in [0.1, 0.15) is 0 Å². The van der Waals surface area contributed by atoms with Gasteiger partial charge in [-0.25, -0.2) is 0 Å². The number of amides is 1. The van der Waals surface area contributed by atoms with Crippen LogP contribution in [0.15, 0.2) is 42.6 Å². The number of aromatic nitrogens is 1. The van der Waals surface area contributed by atoms with E-state index in [1.165, 1.54) is 16.8 Å². The lowest BCUT2D eigenvalue weighted by atomic mass is 9.95. The average Bonchev–Trinajstić information content (AvgIpc) is 3.00. The Kier molecular flexibility index (Phi) is 5.00. The maximum absolute atomic E-state index is 12.4. The molecule has 4 heteroatoms. The third kappa shape index (κ3) is 3.96. The quantitative estimate of drug-likeness (QED) is 0.928. The van der Waals surface area contributed by atoms with Crippen molar-refractivity contribution in [2.75, 3.05) is 13.1 Å². The molecule has 1 atom stereocenters. The summed E-state index contributed by atoms with van der Waals surface area (Å²) in [5.74, 6) is 0.101. The Balaban J connectivity index is 1.80. The second kappa shape index (κ2) is 7.04. The first-order chi connectivity index (χ1) is 11.9. The first-order valence-electron chi connectivity index (χ1n) is 9.06. The van der Waals surface area contributed by atoms with E-state index >= 15 is 0 Å². The molecular weight excluding hydrogens is 310 g/mol. The smallest absolute Gasteiger partial charge is 0.225 e. The van der Waals surface area contributed by atoms with Crippen molar-refractivity contribution in [1.82, 2.24) is 14.8 Å². The van der Waals surface area contributed by atoms with Crippen molar-refractivity contribution in [3.63, 3.8) is 0 Å². The number of benzene rings is 1. The molecule has 1 aromatic carbocycles. The normalized spacial score (nSPS) is 16.3. The van der Waals surface area contributed by atoms with E-state index in [-0.39, 0.29) is 17.4 Å². The maximum Gasteiger partial charge on any atom is 0.225 e. The van der Waals surface area contributed by atoms with Gasteiger partial charge in [-0.3, -0.25) is 9.69 Å². The average molecular weight is 339 g/mol. The summed E-state index contributed by atoms with van der Waals surface area (Å²) in [4.78, 5) is 14.9. The van der Waals surface area contributed by atoms with Gasteiger partial charge in [-0.15, -0.1) is 0 Å². The third-order valence-corrected chi connectivity index (χ3v) is 5.06. The summed E-state index contributed by atoms with van der Waals surface area (Å²) in [5, 5.41) is 3.17. The minimum Gasteiger partial charge on any atom is -0.354 e. The lowest BCUT2D eigenvalue weighted by Crippen LogP contribution is -2.44. The van der Waals surface area contributed by atoms with E-state index < -0.39 is 0 Å². The molecule has 0 saturated heterocycles. The molecule has 0 spiro atoms. The van der Waals surface area contributed by atoms with Gasteiger partial charge in [0, 0.05) is 44.0 Å². The van der Waals surface area contributed by atoms with E-state index in [2.05, 4.69) is 64.4 Å². The van der Waals surface area contributed by atoms with Crippen molar-refractivity contribution in [2.45, 2.75) is 39.8 Å². The summed E-state index contributed by atoms with van der Waals surface area (Å²) in [6, 6.07) is 13.1. The summed E-state index contributed by atoms with van der Waals surface area (Å²) < 4.78 is 2.16. The third-order valence-electron chi connectivity index (χ3n) is 5.06. The number of hydrogen-bond donors (Lipinski definition) is 1. The molecule has 134 valence electrons. The number of carbonyl (C=O) groups excluding carboxylic acids is 1. The van der Waals surface area contributed by atoms with E-state index in [9.17, 15) is 4.79 Å². The molecular formula is C21H29N3O. The molecule has 0 fully saturated rings. The Hall–Kier alpha value is -2.07. The van der Waals surface area contributed by atoms with Gasteiger partial charge in [0.25, 0.3) is 0 Å². The number of nitrogens with zero attached hydrogens (tertiary/aromatic N) is 2. The van der Waals surface area contributed by atoms with Crippen molar-refractivity contribution in [1.29, 1.82) is 0 Å².